The summed E-state index contributed by atoms with van der Waals surface area (Å²) in [6.45, 7) is 1.31. The molecule has 0 spiro atoms. The third-order valence-electron chi connectivity index (χ3n) is 5.12. The monoisotopic (exact) mass is 531 g/mol. The second-order valence-corrected chi connectivity index (χ2v) is 10.3. The highest BCUT2D eigenvalue weighted by atomic mass is 32.2. The Morgan fingerprint density at radius 1 is 0.778 bits per heavy atom. The number of aromatic hydroxyl groups is 2. The third-order valence-corrected chi connectivity index (χ3v) is 7.10. The number of nitrogens with zero attached hydrogens (tertiary/aromatic N) is 2. The van der Waals surface area contributed by atoms with Gasteiger partial charge in [-0.25, -0.2) is 0 Å². The fourth-order valence-corrected chi connectivity index (χ4v) is 5.86. The number of fused-ring (bicyclic) bond motifs is 2. The summed E-state index contributed by atoms with van der Waals surface area (Å²) in [6.07, 6.45) is 0. The number of nitrogens with one attached hydrogen (secondary N) is 1. The highest BCUT2D eigenvalue weighted by molar-refractivity contribution is 7.89. The van der Waals surface area contributed by atoms with Gasteiger partial charge in [-0.15, -0.1) is 5.11 Å². The molecule has 14 heteroatoms. The predicted molar refractivity (Wildman–Crippen MR) is 129 cm³/mol. The lowest BCUT2D eigenvalue weighted by Crippen LogP contribution is -2.10. The van der Waals surface area contributed by atoms with E-state index in [0.29, 0.717) is 5.69 Å². The van der Waals surface area contributed by atoms with Gasteiger partial charge in [-0.2, -0.15) is 21.9 Å². The topological polar surface area (TPSA) is 203 Å². The molecular weight excluding hydrogens is 514 g/mol. The summed E-state index contributed by atoms with van der Waals surface area (Å²) in [7, 11) is -10.8. The highest BCUT2D eigenvalue weighted by Gasteiger charge is 2.33. The molecule has 36 heavy (non-hydrogen) atoms. The molecule has 4 aromatic carbocycles. The first-order chi connectivity index (χ1) is 16.8. The molecule has 0 fully saturated rings. The fourth-order valence-electron chi connectivity index (χ4n) is 3.72. The molecule has 0 saturated carbocycles. The van der Waals surface area contributed by atoms with Crippen molar-refractivity contribution in [2.45, 2.75) is 16.7 Å². The summed E-state index contributed by atoms with van der Waals surface area (Å²) in [4.78, 5) is 8.43. The largest absolute Gasteiger partial charge is 0.507 e. The Balaban J connectivity index is 2.07. The zero-order valence-corrected chi connectivity index (χ0v) is 19.9. The van der Waals surface area contributed by atoms with Crippen LogP contribution in [0.1, 0.15) is 6.92 Å². The van der Waals surface area contributed by atoms with Crippen molar-refractivity contribution < 1.29 is 40.9 Å². The predicted octanol–water partition coefficient (Wildman–Crippen LogP) is 4.27. The lowest BCUT2D eigenvalue weighted by Gasteiger charge is -2.15. The minimum absolute atomic E-state index is 0.0395. The van der Waals surface area contributed by atoms with Crippen LogP contribution in [0.5, 0.6) is 11.5 Å². The molecule has 186 valence electrons. The highest BCUT2D eigenvalue weighted by Crippen LogP contribution is 2.48. The van der Waals surface area contributed by atoms with Gasteiger partial charge in [-0.3, -0.25) is 13.9 Å². The van der Waals surface area contributed by atoms with Crippen molar-refractivity contribution in [2.75, 3.05) is 5.32 Å². The number of hydrogen-bond donors (Lipinski definition) is 5. The molecule has 0 aliphatic carbocycles. The van der Waals surface area contributed by atoms with Gasteiger partial charge < -0.3 is 15.5 Å². The number of carbonyl (C=O) groups is 1. The van der Waals surface area contributed by atoms with Gasteiger partial charge >= 0.3 is 0 Å². The first-order valence-corrected chi connectivity index (χ1v) is 12.8. The molecule has 0 saturated heterocycles. The summed E-state index contributed by atoms with van der Waals surface area (Å²) in [6, 6.07) is 12.4. The van der Waals surface area contributed by atoms with Crippen molar-refractivity contribution in [1.29, 1.82) is 0 Å². The number of azo groups is 1. The number of phenols is 2. The molecule has 1 amide bonds. The van der Waals surface area contributed by atoms with Gasteiger partial charge in [0.2, 0.25) is 5.91 Å². The molecular formula is C22H17N3O9S2. The molecule has 12 nitrogen and oxygen atoms in total. The maximum absolute atomic E-state index is 12.3. The molecule has 0 atom stereocenters. The second kappa shape index (κ2) is 8.83. The molecule has 0 radical (unpaired) electrons. The van der Waals surface area contributed by atoms with E-state index in [9.17, 15) is 40.9 Å². The maximum Gasteiger partial charge on any atom is 0.298 e. The number of hydrogen-bond acceptors (Lipinski definition) is 9. The van der Waals surface area contributed by atoms with E-state index in [1.807, 2.05) is 0 Å². The van der Waals surface area contributed by atoms with Crippen LogP contribution in [-0.4, -0.2) is 42.1 Å². The Bertz CT molecular complexity index is 1800. The van der Waals surface area contributed by atoms with Gasteiger partial charge in [0.1, 0.15) is 27.0 Å². The number of anilines is 1. The van der Waals surface area contributed by atoms with Crippen LogP contribution in [-0.2, 0) is 25.0 Å². The molecule has 0 aliphatic heterocycles. The van der Waals surface area contributed by atoms with Crippen molar-refractivity contribution in [3.8, 4) is 11.5 Å². The van der Waals surface area contributed by atoms with E-state index in [0.717, 1.165) is 6.07 Å². The van der Waals surface area contributed by atoms with Crippen LogP contribution < -0.4 is 5.32 Å². The average molecular weight is 532 g/mol. The van der Waals surface area contributed by atoms with Crippen LogP contribution in [0.3, 0.4) is 0 Å². The maximum atomic E-state index is 12.3. The van der Waals surface area contributed by atoms with Crippen molar-refractivity contribution in [2.24, 2.45) is 10.2 Å². The van der Waals surface area contributed by atoms with Gasteiger partial charge in [0, 0.05) is 28.8 Å². The zero-order chi connectivity index (χ0) is 26.4. The Morgan fingerprint density at radius 3 is 1.86 bits per heavy atom. The smallest absolute Gasteiger partial charge is 0.298 e. The standard InChI is InChI=1S/C22H17N3O9S2/c1-11(26)23-12-6-8-13(9-7-12)24-25-17-10-16-18(22(36(32,33)34)21(17)35(29,30)31)20(28)15-5-3-2-4-14(15)19(16)27/h2-10,27-28H,1H3,(H,23,26)(H,29,30,31)(H,32,33,34). The third kappa shape index (κ3) is 4.57. The number of rotatable bonds is 5. The van der Waals surface area contributed by atoms with Crippen LogP contribution in [0.4, 0.5) is 17.1 Å². The van der Waals surface area contributed by atoms with Crippen LogP contribution in [0, 0.1) is 0 Å². The summed E-state index contributed by atoms with van der Waals surface area (Å²) < 4.78 is 69.1. The quantitative estimate of drug-likeness (QED) is 0.108. The summed E-state index contributed by atoms with van der Waals surface area (Å²) >= 11 is 0. The molecule has 5 N–H and O–H groups in total. The van der Waals surface area contributed by atoms with Crippen LogP contribution in [0.2, 0.25) is 0 Å². The number of phenolic OH excluding ortho intramolecular Hbond substituents is 2. The molecule has 0 bridgehead atoms. The van der Waals surface area contributed by atoms with E-state index < -0.39 is 52.6 Å². The van der Waals surface area contributed by atoms with E-state index in [1.54, 1.807) is 0 Å². The second-order valence-electron chi connectivity index (χ2n) is 7.60. The molecule has 0 unspecified atom stereocenters. The summed E-state index contributed by atoms with van der Waals surface area (Å²) in [5.41, 5.74) is -0.162. The Morgan fingerprint density at radius 2 is 1.33 bits per heavy atom. The number of amides is 1. The van der Waals surface area contributed by atoms with E-state index in [2.05, 4.69) is 15.5 Å². The lowest BCUT2D eigenvalue weighted by molar-refractivity contribution is -0.114. The molecule has 0 aromatic heterocycles. The molecule has 4 aromatic rings. The molecule has 0 heterocycles. The van der Waals surface area contributed by atoms with Crippen molar-refractivity contribution in [3.63, 3.8) is 0 Å². The normalized spacial score (nSPS) is 12.4. The zero-order valence-electron chi connectivity index (χ0n) is 18.2. The minimum Gasteiger partial charge on any atom is -0.507 e. The lowest BCUT2D eigenvalue weighted by atomic mass is 10.00. The number of carbonyl (C=O) groups excluding carboxylic acids is 1. The SMILES string of the molecule is CC(=O)Nc1ccc(N=Nc2cc3c(O)c4ccccc4c(O)c3c(S(=O)(=O)O)c2S(=O)(=O)O)cc1. The van der Waals surface area contributed by atoms with E-state index >= 15 is 0 Å². The van der Waals surface area contributed by atoms with E-state index in [1.165, 1.54) is 55.5 Å². The Labute approximate surface area is 204 Å². The number of benzene rings is 4. The molecule has 0 aliphatic rings. The van der Waals surface area contributed by atoms with E-state index in [4.69, 9.17) is 0 Å². The molecule has 4 rings (SSSR count). The van der Waals surface area contributed by atoms with Crippen LogP contribution >= 0.6 is 0 Å². The summed E-state index contributed by atoms with van der Waals surface area (Å²) in [5.74, 6) is -1.61. The van der Waals surface area contributed by atoms with Gasteiger partial charge in [0.05, 0.1) is 11.1 Å². The van der Waals surface area contributed by atoms with Crippen molar-refractivity contribution in [1.82, 2.24) is 0 Å². The Hall–Kier alpha value is -4.11. The van der Waals surface area contributed by atoms with Gasteiger partial charge in [0.25, 0.3) is 20.2 Å². The van der Waals surface area contributed by atoms with Crippen molar-refractivity contribution >= 4 is 64.8 Å². The van der Waals surface area contributed by atoms with Crippen molar-refractivity contribution in [3.05, 3.63) is 54.6 Å². The minimum atomic E-state index is -5.43. The fraction of sp³-hybridized carbons (Fsp3) is 0.0455. The summed E-state index contributed by atoms with van der Waals surface area (Å²) in [5, 5.41) is 30.7. The first kappa shape index (κ1) is 25.0. The van der Waals surface area contributed by atoms with Gasteiger partial charge in [-0.1, -0.05) is 24.3 Å². The van der Waals surface area contributed by atoms with Crippen LogP contribution in [0.25, 0.3) is 21.5 Å². The van der Waals surface area contributed by atoms with Gasteiger partial charge in [0.15, 0.2) is 0 Å². The Kier molecular flexibility index (Phi) is 6.13. The first-order valence-electron chi connectivity index (χ1n) is 9.96. The average Bonchev–Trinajstić information content (AvgIpc) is 2.79. The van der Waals surface area contributed by atoms with Crippen LogP contribution in [0.15, 0.2) is 74.6 Å². The van der Waals surface area contributed by atoms with E-state index in [-0.39, 0.29) is 27.8 Å². The van der Waals surface area contributed by atoms with Gasteiger partial charge in [-0.05, 0) is 30.3 Å².